The first-order chi connectivity index (χ1) is 15.2. The summed E-state index contributed by atoms with van der Waals surface area (Å²) in [4.78, 5) is 4.34. The fraction of sp³-hybridized carbons (Fsp3) is 0.130. The van der Waals surface area contributed by atoms with Crippen LogP contribution in [0.3, 0.4) is 0 Å². The summed E-state index contributed by atoms with van der Waals surface area (Å²) >= 11 is 6.36. The summed E-state index contributed by atoms with van der Waals surface area (Å²) < 4.78 is 8.39. The smallest absolute Gasteiger partial charge is 0.248 e. The van der Waals surface area contributed by atoms with Gasteiger partial charge >= 0.3 is 0 Å². The predicted molar refractivity (Wildman–Crippen MR) is 117 cm³/mol. The maximum atomic E-state index is 6.61. The molecule has 2 aromatic carbocycles. The molecule has 6 rings (SSSR count). The molecule has 0 unspecified atom stereocenters. The van der Waals surface area contributed by atoms with Crippen LogP contribution in [0.25, 0.3) is 5.70 Å². The zero-order valence-electron chi connectivity index (χ0n) is 16.5. The number of nitrogens with one attached hydrogen (secondary N) is 1. The summed E-state index contributed by atoms with van der Waals surface area (Å²) in [5.74, 6) is 1.32. The fourth-order valence-electron chi connectivity index (χ4n) is 4.36. The summed E-state index contributed by atoms with van der Waals surface area (Å²) in [7, 11) is 0. The van der Waals surface area contributed by atoms with E-state index in [-0.39, 0.29) is 12.1 Å². The zero-order valence-corrected chi connectivity index (χ0v) is 17.3. The number of hydrogen-bond acceptors (Lipinski definition) is 6. The molecule has 152 valence electrons. The van der Waals surface area contributed by atoms with Gasteiger partial charge in [-0.3, -0.25) is 4.98 Å². The van der Waals surface area contributed by atoms with Gasteiger partial charge in [0.1, 0.15) is 17.9 Å². The minimum absolute atomic E-state index is 0.285. The highest BCUT2D eigenvalue weighted by Crippen LogP contribution is 2.51. The molecule has 2 atom stereocenters. The number of rotatable bonds is 2. The van der Waals surface area contributed by atoms with Crippen molar-refractivity contribution in [3.8, 4) is 5.75 Å². The van der Waals surface area contributed by atoms with Crippen LogP contribution in [-0.4, -0.2) is 25.2 Å². The summed E-state index contributed by atoms with van der Waals surface area (Å²) in [5, 5.41) is 16.5. The van der Waals surface area contributed by atoms with E-state index in [1.165, 1.54) is 0 Å². The Hall–Kier alpha value is -3.71. The molecule has 0 fully saturated rings. The molecule has 0 saturated carbocycles. The van der Waals surface area contributed by atoms with Crippen molar-refractivity contribution in [1.82, 2.24) is 25.2 Å². The first kappa shape index (κ1) is 18.1. The Labute approximate surface area is 183 Å². The lowest BCUT2D eigenvalue weighted by atomic mass is 9.84. The van der Waals surface area contributed by atoms with Gasteiger partial charge in [0.05, 0.1) is 5.70 Å². The lowest BCUT2D eigenvalue weighted by molar-refractivity contribution is 0.222. The van der Waals surface area contributed by atoms with Crippen molar-refractivity contribution in [2.75, 3.05) is 5.32 Å². The van der Waals surface area contributed by atoms with Gasteiger partial charge in [-0.25, -0.2) is 0 Å². The second kappa shape index (κ2) is 6.92. The number of halogens is 1. The normalized spacial score (nSPS) is 19.0. The van der Waals surface area contributed by atoms with E-state index >= 15 is 0 Å². The Morgan fingerprint density at radius 2 is 2.00 bits per heavy atom. The SMILES string of the molecule is Cc1ccccc1[C@@H]1Oc2ccc(Cl)cc2C2=C1[C@@H](c1cccnc1)n1nnnc1N2. The van der Waals surface area contributed by atoms with E-state index in [0.29, 0.717) is 11.0 Å². The van der Waals surface area contributed by atoms with Crippen LogP contribution in [-0.2, 0) is 0 Å². The van der Waals surface area contributed by atoms with Crippen LogP contribution in [0.15, 0.2) is 72.6 Å². The van der Waals surface area contributed by atoms with Gasteiger partial charge in [0.2, 0.25) is 5.95 Å². The highest BCUT2D eigenvalue weighted by Gasteiger charge is 2.41. The predicted octanol–water partition coefficient (Wildman–Crippen LogP) is 4.59. The molecule has 2 aliphatic heterocycles. The summed E-state index contributed by atoms with van der Waals surface area (Å²) in [6.45, 7) is 2.09. The van der Waals surface area contributed by atoms with E-state index in [9.17, 15) is 0 Å². The summed E-state index contributed by atoms with van der Waals surface area (Å²) in [5.41, 5.74) is 6.00. The first-order valence-corrected chi connectivity index (χ1v) is 10.3. The maximum Gasteiger partial charge on any atom is 0.248 e. The molecule has 0 aliphatic carbocycles. The second-order valence-corrected chi connectivity index (χ2v) is 8.02. The molecule has 0 amide bonds. The van der Waals surface area contributed by atoms with Gasteiger partial charge in [-0.15, -0.1) is 0 Å². The molecule has 8 heteroatoms. The number of tetrazole rings is 1. The zero-order chi connectivity index (χ0) is 20.9. The van der Waals surface area contributed by atoms with Gasteiger partial charge in [-0.2, -0.15) is 4.68 Å². The van der Waals surface area contributed by atoms with Gasteiger partial charge in [0, 0.05) is 28.6 Å². The molecule has 4 heterocycles. The number of nitrogens with zero attached hydrogens (tertiary/aromatic N) is 5. The van der Waals surface area contributed by atoms with Crippen LogP contribution < -0.4 is 10.1 Å². The molecule has 0 bridgehead atoms. The number of aromatic nitrogens is 5. The summed E-state index contributed by atoms with van der Waals surface area (Å²) in [6, 6.07) is 17.6. The molecule has 0 saturated heterocycles. The monoisotopic (exact) mass is 428 g/mol. The molecule has 31 heavy (non-hydrogen) atoms. The molecule has 7 nitrogen and oxygen atoms in total. The quantitative estimate of drug-likeness (QED) is 0.503. The van der Waals surface area contributed by atoms with Gasteiger partial charge in [-0.1, -0.05) is 47.0 Å². The molecule has 0 spiro atoms. The minimum atomic E-state index is -0.333. The van der Waals surface area contributed by atoms with Gasteiger partial charge in [0.25, 0.3) is 0 Å². The number of fused-ring (bicyclic) bond motifs is 3. The van der Waals surface area contributed by atoms with E-state index in [1.54, 1.807) is 10.9 Å². The van der Waals surface area contributed by atoms with Crippen molar-refractivity contribution in [1.29, 1.82) is 0 Å². The Bertz CT molecular complexity index is 1330. The van der Waals surface area contributed by atoms with E-state index in [0.717, 1.165) is 39.3 Å². The van der Waals surface area contributed by atoms with Crippen LogP contribution in [0.4, 0.5) is 5.95 Å². The largest absolute Gasteiger partial charge is 0.480 e. The molecular formula is C23H17ClN6O. The lowest BCUT2D eigenvalue weighted by Crippen LogP contribution is -2.32. The first-order valence-electron chi connectivity index (χ1n) is 9.91. The Morgan fingerprint density at radius 3 is 2.84 bits per heavy atom. The Morgan fingerprint density at radius 1 is 1.10 bits per heavy atom. The standard InChI is InChI=1S/C23H17ClN6O/c1-13-5-2-3-7-16(13)22-19-20(17-11-15(24)8-9-18(17)31-22)26-23-27-28-29-30(23)21(19)14-6-4-10-25-12-14/h2-12,21-22H,1H3,(H,26,27,29)/t21-,22+/m1/s1. The van der Waals surface area contributed by atoms with E-state index in [2.05, 4.69) is 44.9 Å². The van der Waals surface area contributed by atoms with Crippen molar-refractivity contribution in [3.05, 3.63) is 99.8 Å². The molecule has 0 radical (unpaired) electrons. The average molecular weight is 429 g/mol. The van der Waals surface area contributed by atoms with Crippen LogP contribution in [0.2, 0.25) is 5.02 Å². The molecular weight excluding hydrogens is 412 g/mol. The number of ether oxygens (including phenoxy) is 1. The fourth-order valence-corrected chi connectivity index (χ4v) is 4.53. The number of benzene rings is 2. The average Bonchev–Trinajstić information content (AvgIpc) is 3.27. The Kier molecular flexibility index (Phi) is 4.04. The third kappa shape index (κ3) is 2.81. The highest BCUT2D eigenvalue weighted by molar-refractivity contribution is 6.30. The molecule has 2 aromatic heterocycles. The third-order valence-corrected chi connectivity index (χ3v) is 6.00. The maximum absolute atomic E-state index is 6.61. The van der Waals surface area contributed by atoms with Crippen molar-refractivity contribution >= 4 is 23.2 Å². The topological polar surface area (TPSA) is 77.8 Å². The van der Waals surface area contributed by atoms with Crippen LogP contribution in [0.5, 0.6) is 5.75 Å². The number of hydrogen-bond donors (Lipinski definition) is 1. The number of anilines is 1. The highest BCUT2D eigenvalue weighted by atomic mass is 35.5. The Balaban J connectivity index is 1.66. The van der Waals surface area contributed by atoms with Crippen molar-refractivity contribution in [2.45, 2.75) is 19.1 Å². The third-order valence-electron chi connectivity index (χ3n) is 5.77. The van der Waals surface area contributed by atoms with Crippen LogP contribution >= 0.6 is 11.6 Å². The van der Waals surface area contributed by atoms with E-state index in [1.807, 2.05) is 48.7 Å². The van der Waals surface area contributed by atoms with Gasteiger partial charge < -0.3 is 10.1 Å². The minimum Gasteiger partial charge on any atom is -0.480 e. The summed E-state index contributed by atoms with van der Waals surface area (Å²) in [6.07, 6.45) is 3.26. The van der Waals surface area contributed by atoms with Crippen LogP contribution in [0.1, 0.15) is 34.4 Å². The van der Waals surface area contributed by atoms with Crippen molar-refractivity contribution in [3.63, 3.8) is 0 Å². The molecule has 2 aliphatic rings. The van der Waals surface area contributed by atoms with Crippen LogP contribution in [0, 0.1) is 6.92 Å². The van der Waals surface area contributed by atoms with Crippen molar-refractivity contribution < 1.29 is 4.74 Å². The van der Waals surface area contributed by atoms with Gasteiger partial charge in [0.15, 0.2) is 0 Å². The van der Waals surface area contributed by atoms with Gasteiger partial charge in [-0.05, 0) is 58.3 Å². The number of pyridine rings is 1. The second-order valence-electron chi connectivity index (χ2n) is 7.59. The van der Waals surface area contributed by atoms with E-state index in [4.69, 9.17) is 16.3 Å². The van der Waals surface area contributed by atoms with Crippen molar-refractivity contribution in [2.24, 2.45) is 0 Å². The van der Waals surface area contributed by atoms with E-state index < -0.39 is 0 Å². The molecule has 4 aromatic rings. The number of aryl methyl sites for hydroxylation is 1. The molecule has 1 N–H and O–H groups in total. The lowest BCUT2D eigenvalue weighted by Gasteiger charge is -2.38.